The smallest absolute Gasteiger partial charge is 0.252 e. The number of aliphatic hydroxyl groups excluding tert-OH is 1. The van der Waals surface area contributed by atoms with Gasteiger partial charge in [0.2, 0.25) is 0 Å². The maximum atomic E-state index is 13.3. The van der Waals surface area contributed by atoms with Crippen molar-refractivity contribution in [2.24, 2.45) is 0 Å². The van der Waals surface area contributed by atoms with Gasteiger partial charge in [-0.25, -0.2) is 0 Å². The van der Waals surface area contributed by atoms with Crippen molar-refractivity contribution >= 4 is 34.3 Å². The average Bonchev–Trinajstić information content (AvgIpc) is 2.91. The van der Waals surface area contributed by atoms with Crippen LogP contribution in [0.1, 0.15) is 52.6 Å². The molecule has 0 unspecified atom stereocenters. The molecule has 2 amide bonds. The number of phenols is 1. The van der Waals surface area contributed by atoms with Crippen molar-refractivity contribution in [2.45, 2.75) is 56.7 Å². The van der Waals surface area contributed by atoms with E-state index in [0.29, 0.717) is 28.0 Å². The Kier molecular flexibility index (Phi) is 9.17. The predicted molar refractivity (Wildman–Crippen MR) is 162 cm³/mol. The molecule has 4 rings (SSSR count). The van der Waals surface area contributed by atoms with E-state index in [4.69, 9.17) is 0 Å². The van der Waals surface area contributed by atoms with Gasteiger partial charge in [0.15, 0.2) is 0 Å². The van der Waals surface area contributed by atoms with Crippen molar-refractivity contribution in [1.82, 2.24) is 10.6 Å². The first-order valence-electron chi connectivity index (χ1n) is 13.3. The third-order valence-corrected chi connectivity index (χ3v) is 7.77. The minimum Gasteiger partial charge on any atom is -0.508 e. The molecule has 0 spiro atoms. The van der Waals surface area contributed by atoms with Crippen LogP contribution in [0.5, 0.6) is 5.75 Å². The Morgan fingerprint density at radius 1 is 0.850 bits per heavy atom. The fraction of sp³-hybridized carbons (Fsp3) is 0.273. The molecule has 0 saturated carbocycles. The van der Waals surface area contributed by atoms with E-state index in [1.54, 1.807) is 43.0 Å². The molecule has 0 bridgehead atoms. The zero-order valence-corrected chi connectivity index (χ0v) is 24.1. The molecule has 0 radical (unpaired) electrons. The first-order chi connectivity index (χ1) is 19.0. The van der Waals surface area contributed by atoms with E-state index in [1.165, 1.54) is 6.07 Å². The molecule has 7 heteroatoms. The van der Waals surface area contributed by atoms with E-state index in [2.05, 4.69) is 34.9 Å². The summed E-state index contributed by atoms with van der Waals surface area (Å²) in [5, 5.41) is 29.8. The quantitative estimate of drug-likeness (QED) is 0.193. The largest absolute Gasteiger partial charge is 0.508 e. The first kappa shape index (κ1) is 29.2. The lowest BCUT2D eigenvalue weighted by atomic mass is 9.96. The molecule has 2 atom stereocenters. The number of aromatic hydroxyl groups is 1. The van der Waals surface area contributed by atoms with Crippen LogP contribution in [0.2, 0.25) is 0 Å². The van der Waals surface area contributed by atoms with E-state index in [0.717, 1.165) is 15.7 Å². The number of hydrogen-bond donors (Lipinski definition) is 4. The van der Waals surface area contributed by atoms with Crippen LogP contribution in [-0.4, -0.2) is 45.5 Å². The molecular formula is C33H36N2O4S. The summed E-state index contributed by atoms with van der Waals surface area (Å²) in [6, 6.07) is 25.7. The Bertz CT molecular complexity index is 1510. The number of rotatable bonds is 9. The standard InChI is InChI=1S/C33H36N2O4S/c1-21-26(14-9-15-29(21)36)31(38)34-28(20-40-25-17-16-22-10-5-6-11-23(22)18-25)30(37)19-24-12-7-8-13-27(24)32(39)35-33(2,3)4/h5-18,28,30,36-37H,19-20H2,1-4H3,(H,34,38)(H,35,39)/t28-,30+/m0/s1. The minimum atomic E-state index is -0.974. The molecule has 0 fully saturated rings. The van der Waals surface area contributed by atoms with Crippen LogP contribution < -0.4 is 10.6 Å². The molecule has 40 heavy (non-hydrogen) atoms. The lowest BCUT2D eigenvalue weighted by Gasteiger charge is -2.26. The van der Waals surface area contributed by atoms with Gasteiger partial charge in [0, 0.05) is 39.3 Å². The Balaban J connectivity index is 1.58. The van der Waals surface area contributed by atoms with Crippen molar-refractivity contribution in [3.8, 4) is 5.75 Å². The molecule has 0 aliphatic heterocycles. The Morgan fingerprint density at radius 3 is 2.27 bits per heavy atom. The summed E-state index contributed by atoms with van der Waals surface area (Å²) >= 11 is 1.54. The fourth-order valence-corrected chi connectivity index (χ4v) is 5.56. The van der Waals surface area contributed by atoms with E-state index >= 15 is 0 Å². The highest BCUT2D eigenvalue weighted by Crippen LogP contribution is 2.26. The molecule has 0 aliphatic carbocycles. The lowest BCUT2D eigenvalue weighted by molar-refractivity contribution is 0.0849. The van der Waals surface area contributed by atoms with Crippen LogP contribution in [0.25, 0.3) is 10.8 Å². The second-order valence-electron chi connectivity index (χ2n) is 11.0. The molecule has 0 aromatic heterocycles. The van der Waals surface area contributed by atoms with Crippen LogP contribution in [0.15, 0.2) is 89.8 Å². The Morgan fingerprint density at radius 2 is 1.52 bits per heavy atom. The molecule has 0 heterocycles. The van der Waals surface area contributed by atoms with Crippen LogP contribution in [0.4, 0.5) is 0 Å². The number of phenolic OH excluding ortho intramolecular Hbond substituents is 1. The number of thioether (sulfide) groups is 1. The van der Waals surface area contributed by atoms with Gasteiger partial charge in [0.25, 0.3) is 11.8 Å². The van der Waals surface area contributed by atoms with Crippen molar-refractivity contribution in [1.29, 1.82) is 0 Å². The summed E-state index contributed by atoms with van der Waals surface area (Å²) in [5.74, 6) is -0.152. The number of hydrogen-bond acceptors (Lipinski definition) is 5. The topological polar surface area (TPSA) is 98.7 Å². The number of fused-ring (bicyclic) bond motifs is 1. The average molecular weight is 557 g/mol. The maximum Gasteiger partial charge on any atom is 0.252 e. The van der Waals surface area contributed by atoms with Gasteiger partial charge in [-0.2, -0.15) is 0 Å². The summed E-state index contributed by atoms with van der Waals surface area (Å²) < 4.78 is 0. The SMILES string of the molecule is Cc1c(O)cccc1C(=O)N[C@@H](CSc1ccc2ccccc2c1)[C@H](O)Cc1ccccc1C(=O)NC(C)(C)C. The minimum absolute atomic E-state index is 0.0362. The van der Waals surface area contributed by atoms with Crippen molar-refractivity contribution < 1.29 is 19.8 Å². The molecule has 4 N–H and O–H groups in total. The van der Waals surface area contributed by atoms with Crippen LogP contribution >= 0.6 is 11.8 Å². The van der Waals surface area contributed by atoms with Gasteiger partial charge in [0.1, 0.15) is 5.75 Å². The van der Waals surface area contributed by atoms with Gasteiger partial charge < -0.3 is 20.8 Å². The number of carbonyl (C=O) groups excluding carboxylic acids is 2. The normalized spacial score (nSPS) is 13.0. The van der Waals surface area contributed by atoms with E-state index < -0.39 is 17.7 Å². The molecular weight excluding hydrogens is 520 g/mol. The summed E-state index contributed by atoms with van der Waals surface area (Å²) in [5.41, 5.74) is 1.60. The lowest BCUT2D eigenvalue weighted by Crippen LogP contribution is -2.46. The number of nitrogens with one attached hydrogen (secondary N) is 2. The fourth-order valence-electron chi connectivity index (χ4n) is 4.50. The molecule has 0 aliphatic rings. The third kappa shape index (κ3) is 7.43. The van der Waals surface area contributed by atoms with Gasteiger partial charge in [-0.3, -0.25) is 9.59 Å². The molecule has 0 saturated heterocycles. The van der Waals surface area contributed by atoms with Gasteiger partial charge in [-0.1, -0.05) is 54.6 Å². The van der Waals surface area contributed by atoms with Crippen molar-refractivity contribution in [3.63, 3.8) is 0 Å². The monoisotopic (exact) mass is 556 g/mol. The van der Waals surface area contributed by atoms with Gasteiger partial charge in [-0.15, -0.1) is 11.8 Å². The Hall–Kier alpha value is -3.81. The van der Waals surface area contributed by atoms with Gasteiger partial charge in [0.05, 0.1) is 12.1 Å². The molecule has 208 valence electrons. The Labute approximate surface area is 239 Å². The highest BCUT2D eigenvalue weighted by atomic mass is 32.2. The summed E-state index contributed by atoms with van der Waals surface area (Å²) in [6.07, 6.45) is -0.797. The zero-order valence-electron chi connectivity index (χ0n) is 23.3. The van der Waals surface area contributed by atoms with Crippen molar-refractivity contribution in [3.05, 3.63) is 107 Å². The number of benzene rings is 4. The third-order valence-electron chi connectivity index (χ3n) is 6.66. The van der Waals surface area contributed by atoms with Crippen LogP contribution in [0, 0.1) is 6.92 Å². The van der Waals surface area contributed by atoms with E-state index in [-0.39, 0.29) is 24.0 Å². The predicted octanol–water partition coefficient (Wildman–Crippen LogP) is 5.88. The van der Waals surface area contributed by atoms with Gasteiger partial charge in [-0.05, 0) is 74.4 Å². The molecule has 4 aromatic rings. The van der Waals surface area contributed by atoms with E-state index in [1.807, 2.05) is 51.1 Å². The summed E-state index contributed by atoms with van der Waals surface area (Å²) in [7, 11) is 0. The summed E-state index contributed by atoms with van der Waals surface area (Å²) in [6.45, 7) is 7.44. The number of carbonyl (C=O) groups is 2. The molecule has 4 aromatic carbocycles. The van der Waals surface area contributed by atoms with Crippen LogP contribution in [-0.2, 0) is 6.42 Å². The second-order valence-corrected chi connectivity index (χ2v) is 12.1. The number of amides is 2. The first-order valence-corrected chi connectivity index (χ1v) is 14.3. The van der Waals surface area contributed by atoms with Crippen molar-refractivity contribution in [2.75, 3.05) is 5.75 Å². The second kappa shape index (κ2) is 12.6. The number of aliphatic hydroxyl groups is 1. The molecule has 6 nitrogen and oxygen atoms in total. The highest BCUT2D eigenvalue weighted by Gasteiger charge is 2.26. The summed E-state index contributed by atoms with van der Waals surface area (Å²) in [4.78, 5) is 27.3. The zero-order chi connectivity index (χ0) is 28.9. The maximum absolute atomic E-state index is 13.3. The van der Waals surface area contributed by atoms with Gasteiger partial charge >= 0.3 is 0 Å². The van der Waals surface area contributed by atoms with Crippen LogP contribution in [0.3, 0.4) is 0 Å². The highest BCUT2D eigenvalue weighted by molar-refractivity contribution is 7.99. The van der Waals surface area contributed by atoms with E-state index in [9.17, 15) is 19.8 Å².